The van der Waals surface area contributed by atoms with E-state index in [1.807, 2.05) is 0 Å². The number of pyridine rings is 2. The van der Waals surface area contributed by atoms with Crippen LogP contribution in [0.3, 0.4) is 0 Å². The minimum Gasteiger partial charge on any atom is -0.294 e. The summed E-state index contributed by atoms with van der Waals surface area (Å²) in [5.41, 5.74) is 1.80. The minimum absolute atomic E-state index is 0.0148. The second-order valence-electron chi connectivity index (χ2n) is 6.39. The highest BCUT2D eigenvalue weighted by atomic mass is 19.1. The van der Waals surface area contributed by atoms with Crippen LogP contribution in [0.2, 0.25) is 0 Å². The Labute approximate surface area is 168 Å². The van der Waals surface area contributed by atoms with Gasteiger partial charge in [0.1, 0.15) is 5.82 Å². The van der Waals surface area contributed by atoms with E-state index in [-0.39, 0.29) is 6.42 Å². The average molecular weight is 386 g/mol. The molecule has 2 aromatic heterocycles. The van der Waals surface area contributed by atoms with Crippen molar-refractivity contribution in [1.29, 1.82) is 0 Å². The fourth-order valence-corrected chi connectivity index (χ4v) is 2.76. The summed E-state index contributed by atoms with van der Waals surface area (Å²) in [6, 6.07) is 13.3. The first-order chi connectivity index (χ1) is 14.1. The summed E-state index contributed by atoms with van der Waals surface area (Å²) in [5.74, 6) is -2.24. The fraction of sp³-hybridized carbons (Fsp3) is 0.0833. The summed E-state index contributed by atoms with van der Waals surface area (Å²) >= 11 is 0. The Balaban J connectivity index is 1.83. The number of allylic oxidation sites excluding steroid dienone is 2. The van der Waals surface area contributed by atoms with Crippen molar-refractivity contribution in [3.05, 3.63) is 108 Å². The molecule has 0 aliphatic rings. The highest BCUT2D eigenvalue weighted by Gasteiger charge is 2.24. The predicted octanol–water partition coefficient (Wildman–Crippen LogP) is 4.34. The first-order valence-corrected chi connectivity index (χ1v) is 9.11. The van der Waals surface area contributed by atoms with Crippen LogP contribution in [-0.2, 0) is 16.0 Å². The van der Waals surface area contributed by atoms with Gasteiger partial charge < -0.3 is 0 Å². The molecule has 0 spiro atoms. The lowest BCUT2D eigenvalue weighted by atomic mass is 9.90. The van der Waals surface area contributed by atoms with E-state index in [0.29, 0.717) is 5.56 Å². The first-order valence-electron chi connectivity index (χ1n) is 9.11. The number of benzene rings is 1. The summed E-state index contributed by atoms with van der Waals surface area (Å²) < 4.78 is 14.1. The van der Waals surface area contributed by atoms with Gasteiger partial charge in [-0.3, -0.25) is 19.6 Å². The van der Waals surface area contributed by atoms with Crippen molar-refractivity contribution in [2.45, 2.75) is 6.42 Å². The van der Waals surface area contributed by atoms with E-state index < -0.39 is 23.3 Å². The largest absolute Gasteiger partial charge is 0.294 e. The number of hydrogen-bond donors (Lipinski definition) is 0. The topological polar surface area (TPSA) is 59.9 Å². The van der Waals surface area contributed by atoms with Crippen molar-refractivity contribution in [3.8, 4) is 0 Å². The number of carbonyl (C=O) groups is 2. The van der Waals surface area contributed by atoms with Gasteiger partial charge in [0.05, 0.1) is 5.92 Å². The van der Waals surface area contributed by atoms with Gasteiger partial charge >= 0.3 is 0 Å². The molecule has 4 nitrogen and oxygen atoms in total. The minimum atomic E-state index is -1.02. The molecular weight excluding hydrogens is 367 g/mol. The molecule has 0 atom stereocenters. The number of hydrogen-bond acceptors (Lipinski definition) is 4. The summed E-state index contributed by atoms with van der Waals surface area (Å²) in [5, 5.41) is 0. The summed E-state index contributed by atoms with van der Waals surface area (Å²) in [4.78, 5) is 33.6. The highest BCUT2D eigenvalue weighted by Crippen LogP contribution is 2.17. The number of rotatable bonds is 8. The lowest BCUT2D eigenvalue weighted by Gasteiger charge is -2.12. The van der Waals surface area contributed by atoms with E-state index in [0.717, 1.165) is 11.1 Å². The van der Waals surface area contributed by atoms with Crippen molar-refractivity contribution >= 4 is 23.7 Å². The number of ketones is 2. The van der Waals surface area contributed by atoms with Gasteiger partial charge in [-0.25, -0.2) is 4.39 Å². The molecule has 5 heteroatoms. The number of nitrogens with zero attached hydrogens (tertiary/aromatic N) is 2. The van der Waals surface area contributed by atoms with Gasteiger partial charge in [0.2, 0.25) is 0 Å². The molecule has 0 aliphatic heterocycles. The Morgan fingerprint density at radius 3 is 1.86 bits per heavy atom. The van der Waals surface area contributed by atoms with Gasteiger partial charge in [-0.15, -0.1) is 0 Å². The molecule has 0 amide bonds. The molecule has 0 N–H and O–H groups in total. The summed E-state index contributed by atoms with van der Waals surface area (Å²) in [6.07, 6.45) is 12.4. The second kappa shape index (κ2) is 9.99. The van der Waals surface area contributed by atoms with Crippen LogP contribution in [0.4, 0.5) is 4.39 Å². The van der Waals surface area contributed by atoms with Gasteiger partial charge in [0.25, 0.3) is 0 Å². The Morgan fingerprint density at radius 2 is 1.38 bits per heavy atom. The molecule has 3 rings (SSSR count). The van der Waals surface area contributed by atoms with Crippen LogP contribution in [0.1, 0.15) is 16.7 Å². The predicted molar refractivity (Wildman–Crippen MR) is 110 cm³/mol. The third kappa shape index (κ3) is 5.87. The van der Waals surface area contributed by atoms with E-state index in [4.69, 9.17) is 0 Å². The Morgan fingerprint density at radius 1 is 0.828 bits per heavy atom. The summed E-state index contributed by atoms with van der Waals surface area (Å²) in [6.45, 7) is 0. The van der Waals surface area contributed by atoms with Gasteiger partial charge in [-0.1, -0.05) is 30.3 Å². The maximum absolute atomic E-state index is 14.1. The highest BCUT2D eigenvalue weighted by molar-refractivity contribution is 6.13. The maximum Gasteiger partial charge on any atom is 0.166 e. The molecular formula is C24H19FN2O2. The van der Waals surface area contributed by atoms with E-state index in [1.54, 1.807) is 79.4 Å². The zero-order valence-corrected chi connectivity index (χ0v) is 15.6. The van der Waals surface area contributed by atoms with Crippen LogP contribution in [0.15, 0.2) is 85.5 Å². The van der Waals surface area contributed by atoms with Crippen LogP contribution in [0, 0.1) is 11.7 Å². The van der Waals surface area contributed by atoms with Crippen LogP contribution in [0.5, 0.6) is 0 Å². The van der Waals surface area contributed by atoms with Crippen LogP contribution in [-0.4, -0.2) is 21.5 Å². The zero-order chi connectivity index (χ0) is 20.5. The fourth-order valence-electron chi connectivity index (χ4n) is 2.76. The number of carbonyl (C=O) groups excluding carboxylic acids is 2. The monoisotopic (exact) mass is 386 g/mol. The zero-order valence-electron chi connectivity index (χ0n) is 15.6. The smallest absolute Gasteiger partial charge is 0.166 e. The van der Waals surface area contributed by atoms with Crippen molar-refractivity contribution in [1.82, 2.24) is 9.97 Å². The molecule has 0 radical (unpaired) electrons. The van der Waals surface area contributed by atoms with Gasteiger partial charge in [-0.05, 0) is 65.6 Å². The Hall–Kier alpha value is -3.73. The third-order valence-corrected chi connectivity index (χ3v) is 4.32. The van der Waals surface area contributed by atoms with Gasteiger partial charge in [0, 0.05) is 24.8 Å². The van der Waals surface area contributed by atoms with Crippen LogP contribution < -0.4 is 0 Å². The molecule has 144 valence electrons. The average Bonchev–Trinajstić information content (AvgIpc) is 2.76. The molecule has 0 saturated carbocycles. The third-order valence-electron chi connectivity index (χ3n) is 4.32. The van der Waals surface area contributed by atoms with Gasteiger partial charge in [-0.2, -0.15) is 0 Å². The molecule has 0 aliphatic carbocycles. The number of aromatic nitrogens is 2. The van der Waals surface area contributed by atoms with Crippen molar-refractivity contribution in [2.24, 2.45) is 5.92 Å². The molecule has 29 heavy (non-hydrogen) atoms. The van der Waals surface area contributed by atoms with Crippen molar-refractivity contribution in [3.63, 3.8) is 0 Å². The number of halogens is 1. The summed E-state index contributed by atoms with van der Waals surface area (Å²) in [7, 11) is 0. The standard InChI is InChI=1S/C24H19FN2O2/c25-22-8-2-1-7-20(22)15-21(23(28)11-9-18-5-3-13-26-16-18)24(29)12-10-19-6-4-14-27-17-19/h1-14,16-17,21H,15H2/b11-9+,12-10+. The van der Waals surface area contributed by atoms with E-state index in [9.17, 15) is 14.0 Å². The van der Waals surface area contributed by atoms with Crippen LogP contribution in [0.25, 0.3) is 12.2 Å². The lowest BCUT2D eigenvalue weighted by molar-refractivity contribution is -0.127. The first kappa shape index (κ1) is 20.0. The lowest BCUT2D eigenvalue weighted by Crippen LogP contribution is -2.24. The molecule has 3 aromatic rings. The Bertz CT molecular complexity index is 970. The van der Waals surface area contributed by atoms with E-state index in [1.165, 1.54) is 18.2 Å². The molecule has 0 fully saturated rings. The maximum atomic E-state index is 14.1. The van der Waals surface area contributed by atoms with E-state index >= 15 is 0 Å². The van der Waals surface area contributed by atoms with Gasteiger partial charge in [0.15, 0.2) is 11.6 Å². The van der Waals surface area contributed by atoms with Crippen molar-refractivity contribution in [2.75, 3.05) is 0 Å². The quantitative estimate of drug-likeness (QED) is 0.427. The molecule has 0 unspecified atom stereocenters. The normalized spacial score (nSPS) is 11.4. The molecule has 1 aromatic carbocycles. The second-order valence-corrected chi connectivity index (χ2v) is 6.39. The molecule has 0 bridgehead atoms. The Kier molecular flexibility index (Phi) is 6.90. The van der Waals surface area contributed by atoms with Crippen molar-refractivity contribution < 1.29 is 14.0 Å². The molecule has 0 saturated heterocycles. The van der Waals surface area contributed by atoms with E-state index in [2.05, 4.69) is 9.97 Å². The SMILES string of the molecule is O=C(/C=C/c1cccnc1)C(Cc1ccccc1F)C(=O)/C=C/c1cccnc1. The molecule has 2 heterocycles. The van der Waals surface area contributed by atoms with Crippen LogP contribution >= 0.6 is 0 Å².